The zero-order valence-corrected chi connectivity index (χ0v) is 51.8. The van der Waals surface area contributed by atoms with Crippen LogP contribution in [0.3, 0.4) is 0 Å². The van der Waals surface area contributed by atoms with E-state index in [0.29, 0.717) is 69.8 Å². The maximum Gasteiger partial charge on any atom is 0.338 e. The molecule has 14 nitrogen and oxygen atoms in total. The van der Waals surface area contributed by atoms with Gasteiger partial charge in [-0.3, -0.25) is 0 Å². The number of esters is 2. The summed E-state index contributed by atoms with van der Waals surface area (Å²) < 4.78 is 66.3. The first kappa shape index (κ1) is 65.8. The smallest absolute Gasteiger partial charge is 0.338 e. The van der Waals surface area contributed by atoms with Crippen LogP contribution in [0.5, 0.6) is 11.5 Å². The Morgan fingerprint density at radius 1 is 0.529 bits per heavy atom. The molecular formula is C70H86O14Si. The molecule has 15 heteroatoms. The van der Waals surface area contributed by atoms with Gasteiger partial charge in [0.15, 0.2) is 11.6 Å². The number of hydrogen-bond donors (Lipinski definition) is 1. The molecular weight excluding hydrogens is 1090 g/mol. The first-order valence-corrected chi connectivity index (χ1v) is 31.2. The number of rotatable bonds is 28. The van der Waals surface area contributed by atoms with E-state index >= 15 is 0 Å². The lowest BCUT2D eigenvalue weighted by molar-refractivity contribution is -0.154. The topological polar surface area (TPSA) is 156 Å². The van der Waals surface area contributed by atoms with Crippen molar-refractivity contribution >= 4 is 30.6 Å². The summed E-state index contributed by atoms with van der Waals surface area (Å²) in [5.41, 5.74) is 3.06. The predicted octanol–water partition coefficient (Wildman–Crippen LogP) is 12.2. The van der Waals surface area contributed by atoms with Crippen LogP contribution in [0.4, 0.5) is 0 Å². The second kappa shape index (κ2) is 32.1. The van der Waals surface area contributed by atoms with Gasteiger partial charge < -0.3 is 56.9 Å². The van der Waals surface area contributed by atoms with E-state index in [1.54, 1.807) is 50.6 Å². The van der Waals surface area contributed by atoms with Crippen molar-refractivity contribution in [3.8, 4) is 11.5 Å². The Balaban J connectivity index is 0.000000264. The van der Waals surface area contributed by atoms with Crippen LogP contribution in [-0.2, 0) is 55.5 Å². The van der Waals surface area contributed by atoms with Crippen LogP contribution in [0.15, 0.2) is 194 Å². The zero-order valence-electron chi connectivity index (χ0n) is 50.8. The fourth-order valence-electron chi connectivity index (χ4n) is 10.5. The minimum absolute atomic E-state index is 0.0527. The van der Waals surface area contributed by atoms with Crippen molar-refractivity contribution in [2.75, 3.05) is 40.6 Å². The van der Waals surface area contributed by atoms with Crippen LogP contribution >= 0.6 is 0 Å². The highest BCUT2D eigenvalue weighted by molar-refractivity contribution is 6.99. The van der Waals surface area contributed by atoms with Crippen molar-refractivity contribution in [2.45, 2.75) is 141 Å². The summed E-state index contributed by atoms with van der Waals surface area (Å²) in [6, 6.07) is 54.6. The highest BCUT2D eigenvalue weighted by Gasteiger charge is 2.51. The van der Waals surface area contributed by atoms with Gasteiger partial charge in [-0.15, -0.1) is 0 Å². The number of aliphatic hydroxyl groups excluding tert-OH is 1. The number of benzene rings is 6. The number of carbonyl (C=O) groups is 2. The summed E-state index contributed by atoms with van der Waals surface area (Å²) in [5.74, 6) is -0.953. The zero-order chi connectivity index (χ0) is 60.7. The molecule has 2 saturated heterocycles. The van der Waals surface area contributed by atoms with Gasteiger partial charge in [-0.25, -0.2) is 9.59 Å². The Hall–Kier alpha value is -6.76. The molecule has 2 heterocycles. The first-order chi connectivity index (χ1) is 40.9. The molecule has 0 spiro atoms. The molecule has 0 aliphatic carbocycles. The van der Waals surface area contributed by atoms with E-state index < -0.39 is 62.4 Å². The number of hydrogen-bond acceptors (Lipinski definition) is 14. The summed E-state index contributed by atoms with van der Waals surface area (Å²) in [6.07, 6.45) is 6.59. The number of aliphatic hydroxyl groups is 1. The van der Waals surface area contributed by atoms with Crippen molar-refractivity contribution in [1.82, 2.24) is 0 Å². The summed E-state index contributed by atoms with van der Waals surface area (Å²) in [4.78, 5) is 26.1. The van der Waals surface area contributed by atoms with E-state index in [2.05, 4.69) is 69.3 Å². The summed E-state index contributed by atoms with van der Waals surface area (Å²) in [7, 11) is 0.533. The Labute approximate surface area is 504 Å². The maximum atomic E-state index is 13.4. The molecule has 0 bridgehead atoms. The van der Waals surface area contributed by atoms with E-state index in [0.717, 1.165) is 22.6 Å². The highest BCUT2D eigenvalue weighted by Crippen LogP contribution is 2.39. The number of methoxy groups -OCH3 is 2. The van der Waals surface area contributed by atoms with Crippen molar-refractivity contribution in [3.05, 3.63) is 216 Å². The fraction of sp³-hybridized carbons (Fsp3) is 0.400. The maximum absolute atomic E-state index is 13.4. The lowest BCUT2D eigenvalue weighted by atomic mass is 10.0. The van der Waals surface area contributed by atoms with Gasteiger partial charge in [0.2, 0.25) is 0 Å². The Bertz CT molecular complexity index is 2930. The highest BCUT2D eigenvalue weighted by atomic mass is 28.4. The predicted molar refractivity (Wildman–Crippen MR) is 332 cm³/mol. The van der Waals surface area contributed by atoms with Crippen molar-refractivity contribution < 1.29 is 66.5 Å². The van der Waals surface area contributed by atoms with Gasteiger partial charge in [0.25, 0.3) is 8.32 Å². The van der Waals surface area contributed by atoms with Gasteiger partial charge in [-0.05, 0) is 141 Å². The summed E-state index contributed by atoms with van der Waals surface area (Å²) >= 11 is 0. The molecule has 85 heavy (non-hydrogen) atoms. The molecule has 454 valence electrons. The third kappa shape index (κ3) is 19.4. The van der Waals surface area contributed by atoms with E-state index in [-0.39, 0.29) is 17.7 Å². The minimum Gasteiger partial charge on any atom is -0.497 e. The average Bonchev–Trinajstić information content (AvgIpc) is 2.08. The van der Waals surface area contributed by atoms with Crippen LogP contribution in [0, 0.1) is 0 Å². The van der Waals surface area contributed by atoms with Crippen molar-refractivity contribution in [3.63, 3.8) is 0 Å². The molecule has 2 unspecified atom stereocenters. The van der Waals surface area contributed by atoms with E-state index in [9.17, 15) is 14.7 Å². The molecule has 6 aromatic carbocycles. The first-order valence-electron chi connectivity index (χ1n) is 29.3. The summed E-state index contributed by atoms with van der Waals surface area (Å²) in [5, 5.41) is 11.7. The van der Waals surface area contributed by atoms with Crippen LogP contribution < -0.4 is 19.8 Å². The Morgan fingerprint density at radius 2 is 0.906 bits per heavy atom. The second-order valence-electron chi connectivity index (χ2n) is 22.8. The molecule has 0 aromatic heterocycles. The average molecular weight is 1180 g/mol. The largest absolute Gasteiger partial charge is 0.497 e. The second-order valence-corrected chi connectivity index (χ2v) is 27.1. The lowest BCUT2D eigenvalue weighted by Gasteiger charge is -2.43. The van der Waals surface area contributed by atoms with E-state index in [1.165, 1.54) is 10.4 Å². The van der Waals surface area contributed by atoms with Gasteiger partial charge in [0, 0.05) is 13.2 Å². The fourth-order valence-corrected chi connectivity index (χ4v) is 15.1. The monoisotopic (exact) mass is 1180 g/mol. The molecule has 8 rings (SSSR count). The van der Waals surface area contributed by atoms with Gasteiger partial charge in [-0.1, -0.05) is 154 Å². The normalized spacial score (nSPS) is 19.0. The third-order valence-corrected chi connectivity index (χ3v) is 19.6. The van der Waals surface area contributed by atoms with Gasteiger partial charge >= 0.3 is 11.9 Å². The molecule has 0 saturated carbocycles. The van der Waals surface area contributed by atoms with Gasteiger partial charge in [0.05, 0.1) is 64.0 Å². The van der Waals surface area contributed by atoms with Crippen LogP contribution in [-0.4, -0.2) is 114 Å². The third-order valence-electron chi connectivity index (χ3n) is 14.5. The standard InChI is InChI=1S/C43H52O7Si.C27H34O7/c1-42(2,3)51(36-20-12-8-13-21-36,37-22-14-9-15-23-37)47-31-29-39-40(50-43(4,5)49-39)38(48-41(44)34-18-10-7-11-19-34)24-16-17-30-46-32-33-25-27-35(45-6)28-26-33;1-27(2)33-24(16-17-28)25(34-27)23(32-26(29)21-9-5-4-6-10-21)11-7-8-18-31-19-20-12-14-22(30-3)15-13-20/h7-16,18-28,38-40H,17,29-32H2,1-6H3;4-7,9-15,23-25,28H,8,16-19H2,1-3H3/b24-16-;11-7-/t38?,39-,40+;23?,24-,25+/m00/s1. The molecule has 1 N–H and O–H groups in total. The molecule has 0 amide bonds. The van der Waals surface area contributed by atoms with E-state index in [4.69, 9.17) is 51.8 Å². The number of ether oxygens (including phenoxy) is 10. The SMILES string of the molecule is COc1ccc(COCC/C=C\C(OC(=O)c2ccccc2)[C@H]2OC(C)(C)O[C@H]2CCO)cc1.COc1ccc(COCC/C=C\C(OC(=O)c2ccccc2)[C@H]2OC(C)(C)O[C@H]2CCO[Si](c2ccccc2)(c2ccccc2)C(C)(C)C)cc1. The molecule has 6 aromatic rings. The quantitative estimate of drug-likeness (QED) is 0.0214. The van der Waals surface area contributed by atoms with Crippen LogP contribution in [0.25, 0.3) is 0 Å². The van der Waals surface area contributed by atoms with Gasteiger partial charge in [0.1, 0.15) is 35.9 Å². The molecule has 0 radical (unpaired) electrons. The molecule has 6 atom stereocenters. The van der Waals surface area contributed by atoms with E-state index in [1.807, 2.05) is 137 Å². The Kier molecular flexibility index (Phi) is 24.8. The van der Waals surface area contributed by atoms with Crippen LogP contribution in [0.2, 0.25) is 5.04 Å². The van der Waals surface area contributed by atoms with Gasteiger partial charge in [-0.2, -0.15) is 0 Å². The minimum atomic E-state index is -2.76. The lowest BCUT2D eigenvalue weighted by Crippen LogP contribution is -2.66. The van der Waals surface area contributed by atoms with Crippen molar-refractivity contribution in [1.29, 1.82) is 0 Å². The van der Waals surface area contributed by atoms with Crippen molar-refractivity contribution in [2.24, 2.45) is 0 Å². The van der Waals surface area contributed by atoms with Crippen LogP contribution in [0.1, 0.15) is 106 Å². The molecule has 2 aliphatic heterocycles. The molecule has 2 fully saturated rings. The summed E-state index contributed by atoms with van der Waals surface area (Å²) in [6.45, 7) is 16.6. The Morgan fingerprint density at radius 3 is 1.27 bits per heavy atom. The molecule has 2 aliphatic rings. The number of carbonyl (C=O) groups excluding carboxylic acids is 2.